The van der Waals surface area contributed by atoms with Gasteiger partial charge in [-0.05, 0) is 173 Å². The third-order valence-electron chi connectivity index (χ3n) is 12.2. The van der Waals surface area contributed by atoms with E-state index in [1.807, 2.05) is 0 Å². The molecule has 4 heterocycles. The molecular weight excluding hydrogens is 822 g/mol. The molecule has 0 spiro atoms. The summed E-state index contributed by atoms with van der Waals surface area (Å²) in [6.07, 6.45) is -3.24. The van der Waals surface area contributed by atoms with Crippen LogP contribution in [0.4, 0.5) is 17.6 Å². The number of halogens is 4. The van der Waals surface area contributed by atoms with Crippen LogP contribution >= 0.6 is 0 Å². The van der Waals surface area contributed by atoms with Crippen LogP contribution in [0.5, 0.6) is 23.0 Å². The molecule has 0 saturated heterocycles. The third-order valence-corrected chi connectivity index (χ3v) is 15.6. The van der Waals surface area contributed by atoms with E-state index in [2.05, 4.69) is 17.2 Å². The molecule has 328 valence electrons. The number of ether oxygens (including phenoxy) is 4. The van der Waals surface area contributed by atoms with Gasteiger partial charge in [-0.25, -0.2) is 17.6 Å². The second-order valence-electron chi connectivity index (χ2n) is 16.6. The Labute approximate surface area is 373 Å². The van der Waals surface area contributed by atoms with E-state index < -0.39 is 62.8 Å². The molecule has 0 aromatic heterocycles. The summed E-state index contributed by atoms with van der Waals surface area (Å²) in [4.78, 5) is 0. The van der Waals surface area contributed by atoms with Crippen molar-refractivity contribution >= 4 is 14.0 Å². The molecule has 4 aliphatic heterocycles. The number of benzene rings is 4. The summed E-state index contributed by atoms with van der Waals surface area (Å²) in [5, 5.41) is 46.4. The fourth-order valence-corrected chi connectivity index (χ4v) is 12.0. The summed E-state index contributed by atoms with van der Waals surface area (Å²) in [6.45, 7) is -0.176. The molecule has 8 unspecified atom stereocenters. The zero-order valence-electron chi connectivity index (χ0n) is 34.5. The van der Waals surface area contributed by atoms with Crippen LogP contribution in [0.15, 0.2) is 72.8 Å². The van der Waals surface area contributed by atoms with Crippen LogP contribution in [0.2, 0.25) is 0 Å². The van der Waals surface area contributed by atoms with Gasteiger partial charge in [0.05, 0.1) is 24.4 Å². The van der Waals surface area contributed by atoms with Crippen molar-refractivity contribution in [1.29, 1.82) is 0 Å². The second kappa shape index (κ2) is 20.6. The van der Waals surface area contributed by atoms with Crippen molar-refractivity contribution in [2.45, 2.75) is 100 Å². The van der Waals surface area contributed by atoms with Crippen molar-refractivity contribution in [2.24, 2.45) is 0 Å². The molecule has 0 bridgehead atoms. The molecule has 4 aliphatic rings. The van der Waals surface area contributed by atoms with Gasteiger partial charge in [0.15, 0.2) is 0 Å². The Balaban J connectivity index is 0.00000578. The van der Waals surface area contributed by atoms with E-state index in [0.717, 1.165) is 0 Å². The van der Waals surface area contributed by atoms with Gasteiger partial charge in [-0.2, -0.15) is 0 Å². The van der Waals surface area contributed by atoms with E-state index in [1.54, 1.807) is 24.3 Å². The first-order chi connectivity index (χ1) is 29.4. The summed E-state index contributed by atoms with van der Waals surface area (Å²) < 4.78 is 94.1. The van der Waals surface area contributed by atoms with Gasteiger partial charge in [0.1, 0.15) is 70.7 Å². The summed E-state index contributed by atoms with van der Waals surface area (Å²) in [5.74, 6) is 0.432. The van der Waals surface area contributed by atoms with E-state index in [9.17, 15) is 38.0 Å². The van der Waals surface area contributed by atoms with Gasteiger partial charge in [0.25, 0.3) is 0 Å². The van der Waals surface area contributed by atoms with E-state index >= 15 is 0 Å². The van der Waals surface area contributed by atoms with Gasteiger partial charge in [-0.3, -0.25) is 0 Å². The van der Waals surface area contributed by atoms with E-state index in [1.165, 1.54) is 48.5 Å². The maximum atomic E-state index is 13.9. The number of nitrogens with one attached hydrogen (secondary N) is 4. The van der Waals surface area contributed by atoms with Gasteiger partial charge >= 0.3 is 32.8 Å². The molecule has 0 fully saturated rings. The molecular formula is C44H52AlF4LiN4O8. The Morgan fingerprint density at radius 3 is 0.887 bits per heavy atom. The number of hydrogen-bond acceptors (Lipinski definition) is 12. The van der Waals surface area contributed by atoms with Gasteiger partial charge < -0.3 is 56.6 Å². The van der Waals surface area contributed by atoms with Crippen LogP contribution in [-0.2, 0) is 25.7 Å². The predicted octanol–water partition coefficient (Wildman–Crippen LogP) is 0.360. The SMILES string of the molecule is OC(C[NH][Al-]([NH]CC(O)C1CCc2cc(F)ccc2O1)([NH]CC(O)C1CCc2cc(F)ccc2O1)[NH]CC(O)C1CCc2cc(F)ccc2O1)C1CCc2cc(F)ccc2O1.[Li+]. The standard InChI is InChI=1S/4C11H13FNO2.Al.Li/c4*12-8-2-4-10-7(5-8)1-3-11(15-10)9(14)6-13;;/h4*2,4-5,9,11,13-14H,1,3,6H2;;/q4*-1;+3;+1. The predicted molar refractivity (Wildman–Crippen MR) is 218 cm³/mol. The quantitative estimate of drug-likeness (QED) is 0.0577. The first-order valence-electron chi connectivity index (χ1n) is 21.1. The van der Waals surface area contributed by atoms with Crippen molar-refractivity contribution in [1.82, 2.24) is 17.2 Å². The molecule has 4 aromatic carbocycles. The van der Waals surface area contributed by atoms with Crippen molar-refractivity contribution in [3.8, 4) is 23.0 Å². The number of hydrogen-bond donors (Lipinski definition) is 8. The van der Waals surface area contributed by atoms with Gasteiger partial charge in [-0.1, -0.05) is 0 Å². The molecule has 4 aromatic rings. The molecule has 8 atom stereocenters. The minimum Gasteiger partial charge on any atom is -0.487 e. The van der Waals surface area contributed by atoms with Gasteiger partial charge in [-0.15, -0.1) is 0 Å². The molecule has 12 nitrogen and oxygen atoms in total. The third kappa shape index (κ3) is 11.3. The number of fused-ring (bicyclic) bond motifs is 4. The first-order valence-corrected chi connectivity index (χ1v) is 23.4. The molecule has 62 heavy (non-hydrogen) atoms. The average Bonchev–Trinajstić information content (AvgIpc) is 3.27. The van der Waals surface area contributed by atoms with E-state index in [-0.39, 0.29) is 68.3 Å². The number of aryl methyl sites for hydroxylation is 4. The Morgan fingerprint density at radius 1 is 0.435 bits per heavy atom. The Morgan fingerprint density at radius 2 is 0.661 bits per heavy atom. The topological polar surface area (TPSA) is 166 Å². The zero-order chi connectivity index (χ0) is 42.7. The summed E-state index contributed by atoms with van der Waals surface area (Å²) in [5.41, 5.74) is 2.82. The number of aliphatic hydroxyl groups excluding tert-OH is 4. The van der Waals surface area contributed by atoms with Crippen LogP contribution in [0.3, 0.4) is 0 Å². The van der Waals surface area contributed by atoms with Crippen LogP contribution in [0.25, 0.3) is 0 Å². The fourth-order valence-electron chi connectivity index (χ4n) is 8.75. The summed E-state index contributed by atoms with van der Waals surface area (Å²) in [6, 6.07) is 17.1. The molecule has 0 radical (unpaired) electrons. The molecule has 8 N–H and O–H groups in total. The van der Waals surface area contributed by atoms with Gasteiger partial charge in [0.2, 0.25) is 0 Å². The largest absolute Gasteiger partial charge is 1.00 e. The minimum atomic E-state index is -4.09. The molecule has 8 rings (SSSR count). The van der Waals surface area contributed by atoms with Crippen molar-refractivity contribution in [3.63, 3.8) is 0 Å². The molecule has 0 aliphatic carbocycles. The first kappa shape index (κ1) is 46.6. The van der Waals surface area contributed by atoms with Crippen LogP contribution in [-0.4, -0.2) is 109 Å². The van der Waals surface area contributed by atoms with Crippen LogP contribution < -0.4 is 55.0 Å². The second-order valence-corrected chi connectivity index (χ2v) is 19.9. The van der Waals surface area contributed by atoms with Crippen LogP contribution in [0, 0.1) is 23.3 Å². The van der Waals surface area contributed by atoms with E-state index in [4.69, 9.17) is 18.9 Å². The normalized spacial score (nSPS) is 23.1. The number of aliphatic hydroxyl groups is 4. The molecule has 18 heteroatoms. The maximum Gasteiger partial charge on any atom is 1.00 e. The zero-order valence-corrected chi connectivity index (χ0v) is 35.7. The summed E-state index contributed by atoms with van der Waals surface area (Å²) >= 11 is -4.09. The van der Waals surface area contributed by atoms with Crippen molar-refractivity contribution in [2.75, 3.05) is 26.2 Å². The Hall–Kier alpha value is -3.39. The van der Waals surface area contributed by atoms with Gasteiger partial charge in [0, 0.05) is 0 Å². The van der Waals surface area contributed by atoms with Crippen molar-refractivity contribution < 1.29 is 75.8 Å². The molecule has 0 amide bonds. The average molecular weight is 875 g/mol. The fraction of sp³-hybridized carbons (Fsp3) is 0.455. The smallest absolute Gasteiger partial charge is 0.487 e. The molecule has 0 saturated carbocycles. The summed E-state index contributed by atoms with van der Waals surface area (Å²) in [7, 11) is 0. The number of rotatable bonds is 16. The van der Waals surface area contributed by atoms with E-state index in [0.29, 0.717) is 96.6 Å². The maximum absolute atomic E-state index is 13.9. The Bertz CT molecular complexity index is 1870. The van der Waals surface area contributed by atoms with Crippen LogP contribution in [0.1, 0.15) is 47.9 Å². The monoisotopic (exact) mass is 874 g/mol. The minimum absolute atomic E-state index is 0. The Kier molecular flexibility index (Phi) is 15.5. The van der Waals surface area contributed by atoms with Crippen molar-refractivity contribution in [3.05, 3.63) is 118 Å².